The van der Waals surface area contributed by atoms with Crippen molar-refractivity contribution in [2.75, 3.05) is 19.8 Å². The summed E-state index contributed by atoms with van der Waals surface area (Å²) in [7, 11) is 0. The van der Waals surface area contributed by atoms with E-state index in [4.69, 9.17) is 9.84 Å². The lowest BCUT2D eigenvalue weighted by Gasteiger charge is -2.35. The predicted molar refractivity (Wildman–Crippen MR) is 78.8 cm³/mol. The van der Waals surface area contributed by atoms with Crippen molar-refractivity contribution in [2.24, 2.45) is 0 Å². The zero-order chi connectivity index (χ0) is 16.3. The number of hydrogen-bond donors (Lipinski definition) is 1. The molecule has 1 aliphatic heterocycles. The molecule has 2 heterocycles. The first kappa shape index (κ1) is 16.4. The third kappa shape index (κ3) is 3.59. The SMILES string of the molecule is Cc1nc(C(C)C)ncc1C(=O)N1CCOC[C@H]1CC(=O)O. The summed E-state index contributed by atoms with van der Waals surface area (Å²) >= 11 is 0. The Kier molecular flexibility index (Phi) is 5.07. The number of aryl methyl sites for hydroxylation is 1. The fraction of sp³-hybridized carbons (Fsp3) is 0.600. The van der Waals surface area contributed by atoms with E-state index in [9.17, 15) is 9.59 Å². The quantitative estimate of drug-likeness (QED) is 0.899. The van der Waals surface area contributed by atoms with Crippen molar-refractivity contribution < 1.29 is 19.4 Å². The van der Waals surface area contributed by atoms with Crippen molar-refractivity contribution in [3.8, 4) is 0 Å². The largest absolute Gasteiger partial charge is 0.481 e. The van der Waals surface area contributed by atoms with Crippen molar-refractivity contribution in [1.29, 1.82) is 0 Å². The number of amides is 1. The van der Waals surface area contributed by atoms with Gasteiger partial charge in [-0.25, -0.2) is 9.97 Å². The van der Waals surface area contributed by atoms with E-state index >= 15 is 0 Å². The first-order valence-corrected chi connectivity index (χ1v) is 7.34. The lowest BCUT2D eigenvalue weighted by molar-refractivity contribution is -0.139. The highest BCUT2D eigenvalue weighted by Gasteiger charge is 2.31. The summed E-state index contributed by atoms with van der Waals surface area (Å²) in [5.74, 6) is -0.303. The van der Waals surface area contributed by atoms with E-state index in [1.807, 2.05) is 13.8 Å². The van der Waals surface area contributed by atoms with Crippen LogP contribution in [0, 0.1) is 6.92 Å². The van der Waals surface area contributed by atoms with Crippen LogP contribution in [0.4, 0.5) is 0 Å². The van der Waals surface area contributed by atoms with Gasteiger partial charge in [0.25, 0.3) is 5.91 Å². The average molecular weight is 307 g/mol. The monoisotopic (exact) mass is 307 g/mol. The minimum atomic E-state index is -0.948. The number of aliphatic carboxylic acids is 1. The van der Waals surface area contributed by atoms with Crippen molar-refractivity contribution in [3.63, 3.8) is 0 Å². The van der Waals surface area contributed by atoms with Gasteiger partial charge in [-0.3, -0.25) is 9.59 Å². The standard InChI is InChI=1S/C15H21N3O4/c1-9(2)14-16-7-12(10(3)17-14)15(21)18-4-5-22-8-11(18)6-13(19)20/h7,9,11H,4-6,8H2,1-3H3,(H,19,20)/t11-/m1/s1. The molecular formula is C15H21N3O4. The number of carbonyl (C=O) groups is 2. The summed E-state index contributed by atoms with van der Waals surface area (Å²) in [5, 5.41) is 8.97. The van der Waals surface area contributed by atoms with Gasteiger partial charge in [0.15, 0.2) is 0 Å². The number of hydrogen-bond acceptors (Lipinski definition) is 5. The Bertz CT molecular complexity index is 574. The molecule has 120 valence electrons. The summed E-state index contributed by atoms with van der Waals surface area (Å²) in [4.78, 5) is 33.8. The van der Waals surface area contributed by atoms with E-state index < -0.39 is 12.0 Å². The van der Waals surface area contributed by atoms with E-state index in [0.29, 0.717) is 30.2 Å². The number of nitrogens with zero attached hydrogens (tertiary/aromatic N) is 3. The molecule has 7 heteroatoms. The van der Waals surface area contributed by atoms with E-state index in [1.165, 1.54) is 6.20 Å². The minimum Gasteiger partial charge on any atom is -0.481 e. The van der Waals surface area contributed by atoms with Crippen LogP contribution in [0.3, 0.4) is 0 Å². The summed E-state index contributed by atoms with van der Waals surface area (Å²) in [6, 6.07) is -0.456. The highest BCUT2D eigenvalue weighted by Crippen LogP contribution is 2.18. The van der Waals surface area contributed by atoms with Gasteiger partial charge < -0.3 is 14.7 Å². The number of carboxylic acid groups (broad SMARTS) is 1. The van der Waals surface area contributed by atoms with Crippen LogP contribution in [0.5, 0.6) is 0 Å². The Hall–Kier alpha value is -2.02. The van der Waals surface area contributed by atoms with Crippen molar-refractivity contribution >= 4 is 11.9 Å². The van der Waals surface area contributed by atoms with Gasteiger partial charge in [-0.1, -0.05) is 13.8 Å². The number of rotatable bonds is 4. The molecule has 1 aliphatic rings. The molecule has 1 saturated heterocycles. The third-order valence-corrected chi connectivity index (χ3v) is 3.64. The van der Waals surface area contributed by atoms with E-state index in [1.54, 1.807) is 11.8 Å². The number of carboxylic acids is 1. The fourth-order valence-corrected chi connectivity index (χ4v) is 2.42. The molecule has 0 spiro atoms. The maximum atomic E-state index is 12.7. The lowest BCUT2D eigenvalue weighted by Crippen LogP contribution is -2.49. The molecule has 1 aromatic rings. The van der Waals surface area contributed by atoms with Gasteiger partial charge in [-0.2, -0.15) is 0 Å². The molecule has 0 radical (unpaired) electrons. The van der Waals surface area contributed by atoms with Crippen LogP contribution in [-0.2, 0) is 9.53 Å². The highest BCUT2D eigenvalue weighted by atomic mass is 16.5. The van der Waals surface area contributed by atoms with Gasteiger partial charge in [0.05, 0.1) is 36.9 Å². The molecule has 1 atom stereocenters. The smallest absolute Gasteiger partial charge is 0.305 e. The first-order chi connectivity index (χ1) is 10.4. The Labute approximate surface area is 129 Å². The minimum absolute atomic E-state index is 0.129. The summed E-state index contributed by atoms with van der Waals surface area (Å²) in [6.45, 7) is 6.77. The van der Waals surface area contributed by atoms with E-state index in [2.05, 4.69) is 9.97 Å². The molecule has 1 N–H and O–H groups in total. The van der Waals surface area contributed by atoms with Crippen molar-refractivity contribution in [2.45, 2.75) is 39.2 Å². The molecule has 2 rings (SSSR count). The lowest BCUT2D eigenvalue weighted by atomic mass is 10.1. The van der Waals surface area contributed by atoms with E-state index in [0.717, 1.165) is 0 Å². The Morgan fingerprint density at radius 3 is 2.82 bits per heavy atom. The zero-order valence-corrected chi connectivity index (χ0v) is 13.1. The summed E-state index contributed by atoms with van der Waals surface area (Å²) in [5.41, 5.74) is 1.03. The van der Waals surface area contributed by atoms with Crippen LogP contribution < -0.4 is 0 Å². The molecule has 7 nitrogen and oxygen atoms in total. The number of carbonyl (C=O) groups excluding carboxylic acids is 1. The number of morpholine rings is 1. The fourth-order valence-electron chi connectivity index (χ4n) is 2.42. The van der Waals surface area contributed by atoms with Crippen LogP contribution in [0.25, 0.3) is 0 Å². The van der Waals surface area contributed by atoms with Gasteiger partial charge in [0.2, 0.25) is 0 Å². The van der Waals surface area contributed by atoms with Gasteiger partial charge in [-0.15, -0.1) is 0 Å². The molecule has 0 bridgehead atoms. The normalized spacial score (nSPS) is 18.5. The molecule has 0 aromatic carbocycles. The van der Waals surface area contributed by atoms with Crippen LogP contribution in [0.1, 0.15) is 48.1 Å². The summed E-state index contributed by atoms with van der Waals surface area (Å²) in [6.07, 6.45) is 1.41. The second-order valence-electron chi connectivity index (χ2n) is 5.71. The van der Waals surface area contributed by atoms with Gasteiger partial charge >= 0.3 is 5.97 Å². The Morgan fingerprint density at radius 1 is 1.50 bits per heavy atom. The highest BCUT2D eigenvalue weighted by molar-refractivity contribution is 5.95. The van der Waals surface area contributed by atoms with Crippen LogP contribution in [0.15, 0.2) is 6.20 Å². The molecule has 0 unspecified atom stereocenters. The Balaban J connectivity index is 2.23. The maximum absolute atomic E-state index is 12.7. The number of ether oxygens (including phenoxy) is 1. The van der Waals surface area contributed by atoms with Gasteiger partial charge in [0, 0.05) is 18.7 Å². The molecule has 1 amide bonds. The second-order valence-corrected chi connectivity index (χ2v) is 5.71. The van der Waals surface area contributed by atoms with Crippen molar-refractivity contribution in [3.05, 3.63) is 23.3 Å². The first-order valence-electron chi connectivity index (χ1n) is 7.34. The third-order valence-electron chi connectivity index (χ3n) is 3.64. The topological polar surface area (TPSA) is 92.6 Å². The average Bonchev–Trinajstić information content (AvgIpc) is 2.46. The Morgan fingerprint density at radius 2 is 2.23 bits per heavy atom. The van der Waals surface area contributed by atoms with Gasteiger partial charge in [-0.05, 0) is 6.92 Å². The van der Waals surface area contributed by atoms with Crippen LogP contribution in [-0.4, -0.2) is 57.7 Å². The molecule has 22 heavy (non-hydrogen) atoms. The van der Waals surface area contributed by atoms with Crippen LogP contribution in [0.2, 0.25) is 0 Å². The molecule has 0 saturated carbocycles. The maximum Gasteiger partial charge on any atom is 0.305 e. The van der Waals surface area contributed by atoms with Crippen molar-refractivity contribution in [1.82, 2.24) is 14.9 Å². The molecular weight excluding hydrogens is 286 g/mol. The molecule has 1 aromatic heterocycles. The zero-order valence-electron chi connectivity index (χ0n) is 13.1. The summed E-state index contributed by atoms with van der Waals surface area (Å²) < 4.78 is 5.29. The second kappa shape index (κ2) is 6.83. The molecule has 1 fully saturated rings. The van der Waals surface area contributed by atoms with Gasteiger partial charge in [0.1, 0.15) is 5.82 Å². The van der Waals surface area contributed by atoms with E-state index in [-0.39, 0.29) is 24.9 Å². The predicted octanol–water partition coefficient (Wildman–Crippen LogP) is 1.22. The molecule has 0 aliphatic carbocycles. The van der Waals surface area contributed by atoms with Crippen LogP contribution >= 0.6 is 0 Å². The number of aromatic nitrogens is 2.